The number of nitrogens with two attached hydrogens (primary N) is 2. The van der Waals surface area contributed by atoms with Gasteiger partial charge in [0.25, 0.3) is 5.56 Å². The highest BCUT2D eigenvalue weighted by Crippen LogP contribution is 1.91. The average Bonchev–Trinajstić information content (AvgIpc) is 1.85. The summed E-state index contributed by atoms with van der Waals surface area (Å²) in [5, 5.41) is 0. The van der Waals surface area contributed by atoms with Crippen LogP contribution in [-0.2, 0) is 6.42 Å². The molecule has 0 saturated heterocycles. The number of nitrogen functional groups attached to an aromatic ring is 1. The lowest BCUT2D eigenvalue weighted by atomic mass is 10.4. The van der Waals surface area contributed by atoms with E-state index in [-0.39, 0.29) is 36.2 Å². The van der Waals surface area contributed by atoms with Gasteiger partial charge in [-0.2, -0.15) is 0 Å². The molecule has 0 aliphatic rings. The Labute approximate surface area is 87.7 Å². The van der Waals surface area contributed by atoms with Gasteiger partial charge in [-0.1, -0.05) is 0 Å². The summed E-state index contributed by atoms with van der Waals surface area (Å²) in [6.45, 7) is 0.451. The Morgan fingerprint density at radius 1 is 1.46 bits per heavy atom. The van der Waals surface area contributed by atoms with Crippen molar-refractivity contribution in [3.63, 3.8) is 0 Å². The molecule has 0 bridgehead atoms. The van der Waals surface area contributed by atoms with E-state index in [1.807, 2.05) is 0 Å². The van der Waals surface area contributed by atoms with Crippen LogP contribution in [0.4, 0.5) is 5.82 Å². The molecule has 0 aromatic carbocycles. The van der Waals surface area contributed by atoms with Gasteiger partial charge in [0.15, 0.2) is 0 Å². The van der Waals surface area contributed by atoms with Gasteiger partial charge in [0.1, 0.15) is 11.6 Å². The van der Waals surface area contributed by atoms with Crippen molar-refractivity contribution in [1.82, 2.24) is 9.97 Å². The zero-order valence-corrected chi connectivity index (χ0v) is 8.45. The van der Waals surface area contributed by atoms with Crippen LogP contribution in [0, 0.1) is 0 Å². The minimum absolute atomic E-state index is 0. The Bertz CT molecular complexity index is 301. The van der Waals surface area contributed by atoms with Crippen molar-refractivity contribution in [2.75, 3.05) is 12.3 Å². The fraction of sp³-hybridized carbons (Fsp3) is 0.333. The van der Waals surface area contributed by atoms with Crippen molar-refractivity contribution in [2.24, 2.45) is 5.73 Å². The second-order valence-corrected chi connectivity index (χ2v) is 2.16. The number of rotatable bonds is 2. The van der Waals surface area contributed by atoms with Gasteiger partial charge in [-0.3, -0.25) is 4.79 Å². The Morgan fingerprint density at radius 3 is 2.54 bits per heavy atom. The molecule has 1 aromatic rings. The van der Waals surface area contributed by atoms with Crippen LogP contribution in [0.2, 0.25) is 0 Å². The molecular formula is C6H12Cl2N4O. The largest absolute Gasteiger partial charge is 0.383 e. The van der Waals surface area contributed by atoms with Crippen LogP contribution in [0.1, 0.15) is 5.82 Å². The van der Waals surface area contributed by atoms with Gasteiger partial charge >= 0.3 is 0 Å². The van der Waals surface area contributed by atoms with Crippen LogP contribution in [0.25, 0.3) is 0 Å². The maximum absolute atomic E-state index is 10.8. The molecule has 0 amide bonds. The van der Waals surface area contributed by atoms with Crippen LogP contribution in [-0.4, -0.2) is 16.5 Å². The van der Waals surface area contributed by atoms with E-state index < -0.39 is 0 Å². The van der Waals surface area contributed by atoms with Gasteiger partial charge in [0.2, 0.25) is 0 Å². The second kappa shape index (κ2) is 6.71. The van der Waals surface area contributed by atoms with Crippen LogP contribution in [0.5, 0.6) is 0 Å². The topological polar surface area (TPSA) is 97.8 Å². The molecule has 5 N–H and O–H groups in total. The highest BCUT2D eigenvalue weighted by molar-refractivity contribution is 5.85. The molecule has 0 spiro atoms. The van der Waals surface area contributed by atoms with E-state index in [4.69, 9.17) is 11.5 Å². The molecule has 76 valence electrons. The number of hydrogen-bond acceptors (Lipinski definition) is 4. The summed E-state index contributed by atoms with van der Waals surface area (Å²) < 4.78 is 0. The minimum atomic E-state index is -0.235. The molecule has 0 aliphatic carbocycles. The molecule has 0 atom stereocenters. The highest BCUT2D eigenvalue weighted by atomic mass is 35.5. The summed E-state index contributed by atoms with van der Waals surface area (Å²) >= 11 is 0. The van der Waals surface area contributed by atoms with Crippen molar-refractivity contribution in [1.29, 1.82) is 0 Å². The summed E-state index contributed by atoms with van der Waals surface area (Å²) in [5.74, 6) is 0.773. The molecule has 13 heavy (non-hydrogen) atoms. The monoisotopic (exact) mass is 226 g/mol. The molecule has 0 fully saturated rings. The lowest BCUT2D eigenvalue weighted by Gasteiger charge is -1.97. The number of hydrogen-bond donors (Lipinski definition) is 3. The third-order valence-electron chi connectivity index (χ3n) is 1.19. The first-order valence-corrected chi connectivity index (χ1v) is 3.28. The molecular weight excluding hydrogens is 215 g/mol. The van der Waals surface area contributed by atoms with Gasteiger partial charge in [-0.25, -0.2) is 4.98 Å². The van der Waals surface area contributed by atoms with Gasteiger partial charge in [-0.15, -0.1) is 24.8 Å². The van der Waals surface area contributed by atoms with Crippen LogP contribution in [0.15, 0.2) is 10.9 Å². The minimum Gasteiger partial charge on any atom is -0.383 e. The van der Waals surface area contributed by atoms with Crippen LogP contribution in [0.3, 0.4) is 0 Å². The van der Waals surface area contributed by atoms with Crippen LogP contribution >= 0.6 is 24.8 Å². The predicted molar refractivity (Wildman–Crippen MR) is 56.5 cm³/mol. The van der Waals surface area contributed by atoms with E-state index >= 15 is 0 Å². The number of anilines is 1. The van der Waals surface area contributed by atoms with Gasteiger partial charge in [0, 0.05) is 12.5 Å². The van der Waals surface area contributed by atoms with Crippen molar-refractivity contribution in [2.45, 2.75) is 6.42 Å². The zero-order chi connectivity index (χ0) is 8.27. The second-order valence-electron chi connectivity index (χ2n) is 2.16. The van der Waals surface area contributed by atoms with Crippen molar-refractivity contribution < 1.29 is 0 Å². The molecule has 1 heterocycles. The summed E-state index contributed by atoms with van der Waals surface area (Å²) in [6, 6.07) is 1.24. The Kier molecular flexibility index (Phi) is 7.60. The molecule has 5 nitrogen and oxygen atoms in total. The number of nitrogens with zero attached hydrogens (tertiary/aromatic N) is 1. The maximum atomic E-state index is 10.8. The van der Waals surface area contributed by atoms with Gasteiger partial charge in [-0.05, 0) is 6.54 Å². The van der Waals surface area contributed by atoms with E-state index in [1.165, 1.54) is 6.07 Å². The molecule has 7 heteroatoms. The van der Waals surface area contributed by atoms with Gasteiger partial charge < -0.3 is 16.5 Å². The average molecular weight is 227 g/mol. The number of H-pyrrole nitrogens is 1. The molecule has 0 radical (unpaired) electrons. The van der Waals surface area contributed by atoms with Crippen molar-refractivity contribution in [3.8, 4) is 0 Å². The van der Waals surface area contributed by atoms with E-state index in [9.17, 15) is 4.79 Å². The summed E-state index contributed by atoms with van der Waals surface area (Å²) in [4.78, 5) is 17.2. The highest BCUT2D eigenvalue weighted by Gasteiger charge is 1.95. The van der Waals surface area contributed by atoms with Crippen molar-refractivity contribution in [3.05, 3.63) is 22.2 Å². The lowest BCUT2D eigenvalue weighted by Crippen LogP contribution is -2.15. The SMILES string of the molecule is Cl.Cl.NCCc1nc(N)cc(=O)[nH]1. The predicted octanol–water partition coefficient (Wildman–Crippen LogP) is -0.303. The standard InChI is InChI=1S/C6H10N4O.2ClH/c7-2-1-5-9-4(8)3-6(11)10-5;;/h3H,1-2,7H2,(H3,8,9,10,11);2*1H. The smallest absolute Gasteiger partial charge is 0.252 e. The Morgan fingerprint density at radius 2 is 2.08 bits per heavy atom. The molecule has 1 aromatic heterocycles. The number of aromatic nitrogens is 2. The summed E-state index contributed by atoms with van der Waals surface area (Å²) in [6.07, 6.45) is 0.542. The van der Waals surface area contributed by atoms with E-state index in [1.54, 1.807) is 0 Å². The third-order valence-corrected chi connectivity index (χ3v) is 1.19. The van der Waals surface area contributed by atoms with E-state index in [2.05, 4.69) is 9.97 Å². The van der Waals surface area contributed by atoms with Crippen molar-refractivity contribution >= 4 is 30.6 Å². The number of nitrogens with one attached hydrogen (secondary N) is 1. The fourth-order valence-electron chi connectivity index (χ4n) is 0.784. The zero-order valence-electron chi connectivity index (χ0n) is 6.82. The van der Waals surface area contributed by atoms with Gasteiger partial charge in [0.05, 0.1) is 0 Å². The third kappa shape index (κ3) is 4.72. The number of halogens is 2. The van der Waals surface area contributed by atoms with Crippen LogP contribution < -0.4 is 17.0 Å². The Hall–Kier alpha value is -0.780. The summed E-state index contributed by atoms with van der Waals surface area (Å²) in [7, 11) is 0. The summed E-state index contributed by atoms with van der Waals surface area (Å²) in [5.41, 5.74) is 10.3. The van der Waals surface area contributed by atoms with E-state index in [0.717, 1.165) is 0 Å². The molecule has 0 saturated carbocycles. The first-order chi connectivity index (χ1) is 5.22. The molecule has 0 aliphatic heterocycles. The first kappa shape index (κ1) is 14.7. The Balaban J connectivity index is 0. The quantitative estimate of drug-likeness (QED) is 0.645. The lowest BCUT2D eigenvalue weighted by molar-refractivity contribution is 0.860. The molecule has 0 unspecified atom stereocenters. The van der Waals surface area contributed by atoms with E-state index in [0.29, 0.717) is 18.8 Å². The molecule has 1 rings (SSSR count). The normalized spacial score (nSPS) is 8.38. The maximum Gasteiger partial charge on any atom is 0.252 e. The number of aromatic amines is 1. The first-order valence-electron chi connectivity index (χ1n) is 3.28. The fourth-order valence-corrected chi connectivity index (χ4v) is 0.784.